The van der Waals surface area contributed by atoms with E-state index in [9.17, 15) is 4.79 Å². The third-order valence-electron chi connectivity index (χ3n) is 2.88. The SMILES string of the molecule is Cc1n[nH]c(C)c1CNC(=O)c1cccn1C. The topological polar surface area (TPSA) is 62.7 Å². The smallest absolute Gasteiger partial charge is 0.268 e. The van der Waals surface area contributed by atoms with Crippen LogP contribution in [0.15, 0.2) is 18.3 Å². The maximum atomic E-state index is 11.9. The van der Waals surface area contributed by atoms with Gasteiger partial charge in [0.15, 0.2) is 0 Å². The molecule has 0 saturated carbocycles. The summed E-state index contributed by atoms with van der Waals surface area (Å²) >= 11 is 0. The van der Waals surface area contributed by atoms with Gasteiger partial charge in [-0.05, 0) is 26.0 Å². The van der Waals surface area contributed by atoms with Crippen molar-refractivity contribution in [1.29, 1.82) is 0 Å². The summed E-state index contributed by atoms with van der Waals surface area (Å²) in [7, 11) is 1.85. The molecule has 2 aromatic heterocycles. The van der Waals surface area contributed by atoms with Crippen molar-refractivity contribution in [2.24, 2.45) is 7.05 Å². The van der Waals surface area contributed by atoms with Crippen LogP contribution in [0.1, 0.15) is 27.4 Å². The Hall–Kier alpha value is -2.04. The van der Waals surface area contributed by atoms with Crippen LogP contribution in [0.4, 0.5) is 0 Å². The zero-order valence-corrected chi connectivity index (χ0v) is 10.2. The first-order chi connectivity index (χ1) is 8.09. The minimum atomic E-state index is -0.0718. The van der Waals surface area contributed by atoms with Gasteiger partial charge in [0.25, 0.3) is 5.91 Å². The van der Waals surface area contributed by atoms with E-state index in [2.05, 4.69) is 15.5 Å². The van der Waals surface area contributed by atoms with Crippen LogP contribution in [0.3, 0.4) is 0 Å². The first-order valence-corrected chi connectivity index (χ1v) is 5.49. The molecule has 0 bridgehead atoms. The van der Waals surface area contributed by atoms with E-state index in [0.29, 0.717) is 12.2 Å². The first kappa shape index (κ1) is 11.4. The quantitative estimate of drug-likeness (QED) is 0.837. The van der Waals surface area contributed by atoms with Crippen LogP contribution in [0.2, 0.25) is 0 Å². The number of carbonyl (C=O) groups excluding carboxylic acids is 1. The number of aryl methyl sites for hydroxylation is 3. The van der Waals surface area contributed by atoms with Gasteiger partial charge in [0.1, 0.15) is 5.69 Å². The Morgan fingerprint density at radius 1 is 1.53 bits per heavy atom. The lowest BCUT2D eigenvalue weighted by Crippen LogP contribution is -2.25. The van der Waals surface area contributed by atoms with Crippen LogP contribution < -0.4 is 5.32 Å². The Morgan fingerprint density at radius 3 is 2.82 bits per heavy atom. The molecule has 0 radical (unpaired) electrons. The molecular formula is C12H16N4O. The molecule has 17 heavy (non-hydrogen) atoms. The normalized spacial score (nSPS) is 10.5. The van der Waals surface area contributed by atoms with Crippen LogP contribution in [0.25, 0.3) is 0 Å². The van der Waals surface area contributed by atoms with Gasteiger partial charge < -0.3 is 9.88 Å². The van der Waals surface area contributed by atoms with E-state index in [-0.39, 0.29) is 5.91 Å². The van der Waals surface area contributed by atoms with Gasteiger partial charge in [-0.15, -0.1) is 0 Å². The number of aromatic amines is 1. The number of rotatable bonds is 3. The molecule has 0 aliphatic heterocycles. The molecule has 0 aromatic carbocycles. The molecule has 0 atom stereocenters. The van der Waals surface area contributed by atoms with Crippen LogP contribution in [-0.2, 0) is 13.6 Å². The highest BCUT2D eigenvalue weighted by atomic mass is 16.1. The maximum absolute atomic E-state index is 11.9. The summed E-state index contributed by atoms with van der Waals surface area (Å²) in [6.45, 7) is 4.37. The minimum Gasteiger partial charge on any atom is -0.347 e. The number of hydrogen-bond acceptors (Lipinski definition) is 2. The molecule has 0 fully saturated rings. The zero-order chi connectivity index (χ0) is 12.4. The van der Waals surface area contributed by atoms with E-state index in [1.54, 1.807) is 10.6 Å². The Bertz CT molecular complexity index is 519. The highest BCUT2D eigenvalue weighted by Crippen LogP contribution is 2.09. The maximum Gasteiger partial charge on any atom is 0.268 e. The summed E-state index contributed by atoms with van der Waals surface area (Å²) in [4.78, 5) is 11.9. The fourth-order valence-corrected chi connectivity index (χ4v) is 1.79. The fraction of sp³-hybridized carbons (Fsp3) is 0.333. The van der Waals surface area contributed by atoms with Gasteiger partial charge in [0, 0.05) is 31.0 Å². The lowest BCUT2D eigenvalue weighted by molar-refractivity contribution is 0.0943. The fourth-order valence-electron chi connectivity index (χ4n) is 1.79. The summed E-state index contributed by atoms with van der Waals surface area (Å²) < 4.78 is 1.80. The first-order valence-electron chi connectivity index (χ1n) is 5.49. The standard InChI is InChI=1S/C12H16N4O/c1-8-10(9(2)15-14-8)7-13-12(17)11-5-4-6-16(11)3/h4-6H,7H2,1-3H3,(H,13,17)(H,14,15). The van der Waals surface area contributed by atoms with Crippen molar-refractivity contribution in [1.82, 2.24) is 20.1 Å². The molecule has 2 N–H and O–H groups in total. The molecule has 1 amide bonds. The Balaban J connectivity index is 2.05. The van der Waals surface area contributed by atoms with Crippen molar-refractivity contribution in [2.45, 2.75) is 20.4 Å². The van der Waals surface area contributed by atoms with Gasteiger partial charge in [-0.25, -0.2) is 0 Å². The van der Waals surface area contributed by atoms with Gasteiger partial charge in [0.2, 0.25) is 0 Å². The number of carbonyl (C=O) groups is 1. The molecule has 2 heterocycles. The highest BCUT2D eigenvalue weighted by molar-refractivity contribution is 5.92. The second-order valence-corrected chi connectivity index (χ2v) is 4.10. The second kappa shape index (κ2) is 4.45. The van der Waals surface area contributed by atoms with E-state index in [4.69, 9.17) is 0 Å². The summed E-state index contributed by atoms with van der Waals surface area (Å²) in [5, 5.41) is 9.88. The van der Waals surface area contributed by atoms with Crippen LogP contribution in [-0.4, -0.2) is 20.7 Å². The van der Waals surface area contributed by atoms with Crippen molar-refractivity contribution in [3.05, 3.63) is 41.0 Å². The van der Waals surface area contributed by atoms with E-state index in [0.717, 1.165) is 17.0 Å². The molecule has 2 rings (SSSR count). The summed E-state index contributed by atoms with van der Waals surface area (Å²) in [6.07, 6.45) is 1.85. The number of amides is 1. The molecular weight excluding hydrogens is 216 g/mol. The second-order valence-electron chi connectivity index (χ2n) is 4.10. The monoisotopic (exact) mass is 232 g/mol. The summed E-state index contributed by atoms with van der Waals surface area (Å²) in [5.74, 6) is -0.0718. The number of H-pyrrole nitrogens is 1. The lowest BCUT2D eigenvalue weighted by atomic mass is 10.2. The predicted octanol–water partition coefficient (Wildman–Crippen LogP) is 1.30. The zero-order valence-electron chi connectivity index (χ0n) is 10.2. The van der Waals surface area contributed by atoms with Crippen LogP contribution in [0.5, 0.6) is 0 Å². The number of nitrogens with one attached hydrogen (secondary N) is 2. The molecule has 0 aliphatic rings. The lowest BCUT2D eigenvalue weighted by Gasteiger charge is -2.06. The third kappa shape index (κ3) is 2.22. The van der Waals surface area contributed by atoms with E-state index < -0.39 is 0 Å². The number of nitrogens with zero attached hydrogens (tertiary/aromatic N) is 2. The Morgan fingerprint density at radius 2 is 2.29 bits per heavy atom. The van der Waals surface area contributed by atoms with E-state index >= 15 is 0 Å². The average molecular weight is 232 g/mol. The van der Waals surface area contributed by atoms with Gasteiger partial charge in [-0.2, -0.15) is 5.10 Å². The number of hydrogen-bond donors (Lipinski definition) is 2. The molecule has 90 valence electrons. The van der Waals surface area contributed by atoms with Crippen LogP contribution >= 0.6 is 0 Å². The van der Waals surface area contributed by atoms with Crippen molar-refractivity contribution in [3.63, 3.8) is 0 Å². The average Bonchev–Trinajstić information content (AvgIpc) is 2.84. The van der Waals surface area contributed by atoms with Crippen molar-refractivity contribution >= 4 is 5.91 Å². The Labute approximate surface area is 99.8 Å². The summed E-state index contributed by atoms with van der Waals surface area (Å²) in [5.41, 5.74) is 3.63. The minimum absolute atomic E-state index is 0.0718. The molecule has 0 aliphatic carbocycles. The van der Waals surface area contributed by atoms with Crippen molar-refractivity contribution < 1.29 is 4.79 Å². The molecule has 5 nitrogen and oxygen atoms in total. The van der Waals surface area contributed by atoms with E-state index in [1.165, 1.54) is 0 Å². The summed E-state index contributed by atoms with van der Waals surface area (Å²) in [6, 6.07) is 3.65. The van der Waals surface area contributed by atoms with E-state index in [1.807, 2.05) is 33.2 Å². The number of aromatic nitrogens is 3. The van der Waals surface area contributed by atoms with Gasteiger partial charge in [-0.3, -0.25) is 9.89 Å². The molecule has 5 heteroatoms. The van der Waals surface area contributed by atoms with Crippen molar-refractivity contribution in [3.8, 4) is 0 Å². The van der Waals surface area contributed by atoms with Gasteiger partial charge in [-0.1, -0.05) is 0 Å². The molecule has 2 aromatic rings. The third-order valence-corrected chi connectivity index (χ3v) is 2.88. The molecule has 0 spiro atoms. The Kier molecular flexibility index (Phi) is 2.99. The molecule has 0 unspecified atom stereocenters. The predicted molar refractivity (Wildman–Crippen MR) is 64.6 cm³/mol. The van der Waals surface area contributed by atoms with Gasteiger partial charge in [0.05, 0.1) is 5.69 Å². The van der Waals surface area contributed by atoms with Crippen LogP contribution in [0, 0.1) is 13.8 Å². The largest absolute Gasteiger partial charge is 0.347 e. The highest BCUT2D eigenvalue weighted by Gasteiger charge is 2.11. The van der Waals surface area contributed by atoms with Gasteiger partial charge >= 0.3 is 0 Å². The molecule has 0 saturated heterocycles. The van der Waals surface area contributed by atoms with Crippen molar-refractivity contribution in [2.75, 3.05) is 0 Å².